The first-order chi connectivity index (χ1) is 8.18. The van der Waals surface area contributed by atoms with Crippen molar-refractivity contribution in [3.63, 3.8) is 0 Å². The van der Waals surface area contributed by atoms with Crippen LogP contribution in [-0.2, 0) is 23.1 Å². The molecular weight excluding hydrogens is 238 g/mol. The van der Waals surface area contributed by atoms with E-state index in [-0.39, 0.29) is 4.90 Å². The van der Waals surface area contributed by atoms with E-state index < -0.39 is 10.0 Å². The number of hydrogen-bond donors (Lipinski definition) is 1. The molecule has 0 spiro atoms. The lowest BCUT2D eigenvalue weighted by molar-refractivity contribution is 0.577. The molecule has 2 aromatic rings. The van der Waals surface area contributed by atoms with E-state index in [1.807, 2.05) is 0 Å². The zero-order valence-electron chi connectivity index (χ0n) is 9.00. The summed E-state index contributed by atoms with van der Waals surface area (Å²) >= 11 is 0. The van der Waals surface area contributed by atoms with Crippen LogP contribution in [0.25, 0.3) is 0 Å². The fourth-order valence-electron chi connectivity index (χ4n) is 1.86. The molecule has 0 saturated carbocycles. The van der Waals surface area contributed by atoms with Gasteiger partial charge in [-0.05, 0) is 12.1 Å². The monoisotopic (exact) mass is 249 g/mol. The van der Waals surface area contributed by atoms with Crippen molar-refractivity contribution in [2.75, 3.05) is 0 Å². The summed E-state index contributed by atoms with van der Waals surface area (Å²) < 4.78 is 25.5. The van der Waals surface area contributed by atoms with Crippen molar-refractivity contribution in [2.45, 2.75) is 18.0 Å². The molecule has 5 nitrogen and oxygen atoms in total. The molecule has 1 aliphatic rings. The highest BCUT2D eigenvalue weighted by molar-refractivity contribution is 7.89. The van der Waals surface area contributed by atoms with Crippen molar-refractivity contribution in [3.8, 4) is 0 Å². The van der Waals surface area contributed by atoms with Crippen LogP contribution in [0.15, 0.2) is 41.4 Å². The predicted octanol–water partition coefficient (Wildman–Crippen LogP) is 0.723. The highest BCUT2D eigenvalue weighted by Crippen LogP contribution is 2.18. The Kier molecular flexibility index (Phi) is 2.27. The molecule has 1 N–H and O–H groups in total. The summed E-state index contributed by atoms with van der Waals surface area (Å²) in [5.41, 5.74) is 1.76. The molecule has 3 rings (SSSR count). The lowest BCUT2D eigenvalue weighted by Gasteiger charge is -2.03. The van der Waals surface area contributed by atoms with Gasteiger partial charge in [-0.25, -0.2) is 0 Å². The lowest BCUT2D eigenvalue weighted by atomic mass is 10.3. The molecule has 1 aromatic carbocycles. The maximum absolute atomic E-state index is 12.2. The standard InChI is InChI=1S/C11H11N3O2S/c15-17(16,10-4-2-1-3-5-10)14-8-9-6-12-7-11(9)13-14/h1-5,8,12H,6-7H2. The van der Waals surface area contributed by atoms with Gasteiger partial charge in [-0.1, -0.05) is 18.2 Å². The molecule has 88 valence electrons. The summed E-state index contributed by atoms with van der Waals surface area (Å²) in [5.74, 6) is 0. The Bertz CT molecular complexity index is 625. The number of nitrogens with zero attached hydrogens (tertiary/aromatic N) is 2. The number of rotatable bonds is 2. The molecule has 0 amide bonds. The van der Waals surface area contributed by atoms with Gasteiger partial charge in [-0.3, -0.25) is 0 Å². The van der Waals surface area contributed by atoms with Crippen LogP contribution < -0.4 is 5.32 Å². The Morgan fingerprint density at radius 1 is 1.18 bits per heavy atom. The first kappa shape index (κ1) is 10.5. The second kappa shape index (κ2) is 3.68. The molecule has 2 heterocycles. The molecule has 17 heavy (non-hydrogen) atoms. The van der Waals surface area contributed by atoms with Crippen LogP contribution in [0.3, 0.4) is 0 Å². The van der Waals surface area contributed by atoms with Gasteiger partial charge >= 0.3 is 0 Å². The maximum Gasteiger partial charge on any atom is 0.282 e. The normalized spacial score (nSPS) is 14.8. The van der Waals surface area contributed by atoms with Crippen LogP contribution in [0, 0.1) is 0 Å². The van der Waals surface area contributed by atoms with E-state index in [1.165, 1.54) is 0 Å². The molecule has 1 aliphatic heterocycles. The third kappa shape index (κ3) is 1.65. The first-order valence-electron chi connectivity index (χ1n) is 5.27. The van der Waals surface area contributed by atoms with Gasteiger partial charge in [-0.2, -0.15) is 17.6 Å². The van der Waals surface area contributed by atoms with Crippen LogP contribution in [-0.4, -0.2) is 17.6 Å². The molecule has 0 unspecified atom stereocenters. The molecule has 1 aromatic heterocycles. The fourth-order valence-corrected chi connectivity index (χ4v) is 3.04. The Hall–Kier alpha value is -1.66. The van der Waals surface area contributed by atoms with E-state index in [9.17, 15) is 8.42 Å². The Labute approximate surface area is 99.1 Å². The van der Waals surface area contributed by atoms with Crippen molar-refractivity contribution in [1.82, 2.24) is 14.5 Å². The highest BCUT2D eigenvalue weighted by Gasteiger charge is 2.22. The van der Waals surface area contributed by atoms with Crippen LogP contribution in [0.4, 0.5) is 0 Å². The van der Waals surface area contributed by atoms with Gasteiger partial charge in [0.1, 0.15) is 0 Å². The summed E-state index contributed by atoms with van der Waals surface area (Å²) in [6.07, 6.45) is 1.58. The zero-order chi connectivity index (χ0) is 11.9. The number of nitrogens with one attached hydrogen (secondary N) is 1. The zero-order valence-corrected chi connectivity index (χ0v) is 9.81. The Morgan fingerprint density at radius 3 is 2.65 bits per heavy atom. The van der Waals surface area contributed by atoms with E-state index >= 15 is 0 Å². The van der Waals surface area contributed by atoms with Gasteiger partial charge in [0, 0.05) is 24.8 Å². The maximum atomic E-state index is 12.2. The second-order valence-electron chi connectivity index (χ2n) is 3.90. The minimum absolute atomic E-state index is 0.258. The second-order valence-corrected chi connectivity index (χ2v) is 5.69. The van der Waals surface area contributed by atoms with Gasteiger partial charge < -0.3 is 5.32 Å². The molecule has 6 heteroatoms. The topological polar surface area (TPSA) is 64.0 Å². The lowest BCUT2D eigenvalue weighted by Crippen LogP contribution is -2.15. The molecule has 0 saturated heterocycles. The molecule has 0 aliphatic carbocycles. The first-order valence-corrected chi connectivity index (χ1v) is 6.71. The van der Waals surface area contributed by atoms with E-state index in [0.717, 1.165) is 15.3 Å². The molecule has 0 bridgehead atoms. The summed E-state index contributed by atoms with van der Waals surface area (Å²) in [6.45, 7) is 1.31. The van der Waals surface area contributed by atoms with Crippen LogP contribution in [0.5, 0.6) is 0 Å². The molecule has 0 radical (unpaired) electrons. The van der Waals surface area contributed by atoms with Crippen LogP contribution in [0.2, 0.25) is 0 Å². The van der Waals surface area contributed by atoms with E-state index in [0.29, 0.717) is 13.1 Å². The Balaban J connectivity index is 2.09. The number of fused-ring (bicyclic) bond motifs is 1. The smallest absolute Gasteiger partial charge is 0.282 e. The fraction of sp³-hybridized carbons (Fsp3) is 0.182. The number of aromatic nitrogens is 2. The third-order valence-corrected chi connectivity index (χ3v) is 4.30. The van der Waals surface area contributed by atoms with E-state index in [1.54, 1.807) is 36.5 Å². The summed E-state index contributed by atoms with van der Waals surface area (Å²) in [4.78, 5) is 0.258. The molecule has 0 fully saturated rings. The van der Waals surface area contributed by atoms with Crippen molar-refractivity contribution in [1.29, 1.82) is 0 Å². The summed E-state index contributed by atoms with van der Waals surface area (Å²) in [5, 5.41) is 7.22. The van der Waals surface area contributed by atoms with Gasteiger partial charge in [0.25, 0.3) is 10.0 Å². The van der Waals surface area contributed by atoms with Crippen molar-refractivity contribution < 1.29 is 8.42 Å². The van der Waals surface area contributed by atoms with Crippen molar-refractivity contribution >= 4 is 10.0 Å². The van der Waals surface area contributed by atoms with Crippen molar-refractivity contribution in [3.05, 3.63) is 47.8 Å². The van der Waals surface area contributed by atoms with Crippen LogP contribution >= 0.6 is 0 Å². The quantitative estimate of drug-likeness (QED) is 0.852. The number of hydrogen-bond acceptors (Lipinski definition) is 4. The van der Waals surface area contributed by atoms with Gasteiger partial charge in [0.2, 0.25) is 0 Å². The third-order valence-electron chi connectivity index (χ3n) is 2.75. The summed E-state index contributed by atoms with van der Waals surface area (Å²) in [7, 11) is -3.54. The van der Waals surface area contributed by atoms with E-state index in [4.69, 9.17) is 0 Å². The molecular formula is C11H11N3O2S. The molecule has 0 atom stereocenters. The van der Waals surface area contributed by atoms with Gasteiger partial charge in [0.05, 0.1) is 10.6 Å². The Morgan fingerprint density at radius 2 is 1.94 bits per heavy atom. The SMILES string of the molecule is O=S(=O)(c1ccccc1)n1cc2c(n1)CNC2. The van der Waals surface area contributed by atoms with E-state index in [2.05, 4.69) is 10.4 Å². The largest absolute Gasteiger partial charge is 0.307 e. The average molecular weight is 249 g/mol. The highest BCUT2D eigenvalue weighted by atomic mass is 32.2. The van der Waals surface area contributed by atoms with Gasteiger partial charge in [0.15, 0.2) is 0 Å². The van der Waals surface area contributed by atoms with Crippen LogP contribution in [0.1, 0.15) is 11.3 Å². The average Bonchev–Trinajstić information content (AvgIpc) is 2.90. The minimum Gasteiger partial charge on any atom is -0.307 e. The van der Waals surface area contributed by atoms with Crippen molar-refractivity contribution in [2.24, 2.45) is 0 Å². The van der Waals surface area contributed by atoms with Gasteiger partial charge in [-0.15, -0.1) is 0 Å². The minimum atomic E-state index is -3.54. The number of benzene rings is 1. The summed E-state index contributed by atoms with van der Waals surface area (Å²) in [6, 6.07) is 8.32. The predicted molar refractivity (Wildman–Crippen MR) is 61.8 cm³/mol.